The first kappa shape index (κ1) is 15.4. The molecule has 0 atom stereocenters. The molecule has 2 heterocycles. The Balaban J connectivity index is 2.15. The third kappa shape index (κ3) is 3.17. The lowest BCUT2D eigenvalue weighted by Gasteiger charge is -2.08. The SMILES string of the molecule is Clc1nc(-c2sccc2Br)nc(Cl)c1-c1cccc(Br)c1. The molecular formula is C14H6Br2Cl2N2S. The molecule has 0 radical (unpaired) electrons. The molecule has 0 N–H and O–H groups in total. The summed E-state index contributed by atoms with van der Waals surface area (Å²) in [7, 11) is 0. The lowest BCUT2D eigenvalue weighted by molar-refractivity contribution is 1.19. The average molecular weight is 465 g/mol. The molecular weight excluding hydrogens is 459 g/mol. The summed E-state index contributed by atoms with van der Waals surface area (Å²) in [6.45, 7) is 0. The number of halogens is 4. The van der Waals surface area contributed by atoms with Crippen molar-refractivity contribution in [1.29, 1.82) is 0 Å². The second-order valence-corrected chi connectivity index (χ2v) is 7.51. The lowest BCUT2D eigenvalue weighted by atomic mass is 10.1. The Bertz CT molecular complexity index is 797. The fraction of sp³-hybridized carbons (Fsp3) is 0. The van der Waals surface area contributed by atoms with Crippen LogP contribution in [-0.2, 0) is 0 Å². The van der Waals surface area contributed by atoms with Gasteiger partial charge in [-0.3, -0.25) is 0 Å². The third-order valence-corrected chi connectivity index (χ3v) is 5.63. The summed E-state index contributed by atoms with van der Waals surface area (Å²) in [5, 5.41) is 2.62. The van der Waals surface area contributed by atoms with Crippen molar-refractivity contribution in [2.75, 3.05) is 0 Å². The third-order valence-electron chi connectivity index (χ3n) is 2.75. The predicted molar refractivity (Wildman–Crippen MR) is 96.2 cm³/mol. The smallest absolute Gasteiger partial charge is 0.173 e. The maximum Gasteiger partial charge on any atom is 0.173 e. The van der Waals surface area contributed by atoms with E-state index in [1.807, 2.05) is 35.7 Å². The van der Waals surface area contributed by atoms with Gasteiger partial charge in [0.15, 0.2) is 5.82 Å². The Morgan fingerprint density at radius 2 is 1.71 bits per heavy atom. The first-order valence-electron chi connectivity index (χ1n) is 5.78. The Morgan fingerprint density at radius 3 is 2.29 bits per heavy atom. The summed E-state index contributed by atoms with van der Waals surface area (Å²) in [4.78, 5) is 9.66. The van der Waals surface area contributed by atoms with Crippen LogP contribution in [0.3, 0.4) is 0 Å². The zero-order chi connectivity index (χ0) is 15.0. The van der Waals surface area contributed by atoms with Crippen molar-refractivity contribution in [3.63, 3.8) is 0 Å². The van der Waals surface area contributed by atoms with Gasteiger partial charge in [0.2, 0.25) is 0 Å². The molecule has 7 heteroatoms. The van der Waals surface area contributed by atoms with Gasteiger partial charge >= 0.3 is 0 Å². The molecule has 0 unspecified atom stereocenters. The molecule has 106 valence electrons. The molecule has 0 fully saturated rings. The summed E-state index contributed by atoms with van der Waals surface area (Å²) in [5.41, 5.74) is 1.51. The summed E-state index contributed by atoms with van der Waals surface area (Å²) in [6.07, 6.45) is 0. The van der Waals surface area contributed by atoms with Crippen molar-refractivity contribution < 1.29 is 0 Å². The summed E-state index contributed by atoms with van der Waals surface area (Å²) in [5.74, 6) is 0.519. The van der Waals surface area contributed by atoms with Crippen molar-refractivity contribution in [3.8, 4) is 21.8 Å². The van der Waals surface area contributed by atoms with E-state index in [2.05, 4.69) is 41.8 Å². The van der Waals surface area contributed by atoms with Crippen molar-refractivity contribution in [2.24, 2.45) is 0 Å². The molecule has 2 aromatic heterocycles. The van der Waals surface area contributed by atoms with Gasteiger partial charge in [-0.2, -0.15) is 0 Å². The number of aromatic nitrogens is 2. The van der Waals surface area contributed by atoms with Crippen LogP contribution >= 0.6 is 66.4 Å². The molecule has 0 amide bonds. The van der Waals surface area contributed by atoms with E-state index in [9.17, 15) is 0 Å². The van der Waals surface area contributed by atoms with Gasteiger partial charge in [0.25, 0.3) is 0 Å². The number of hydrogen-bond donors (Lipinski definition) is 0. The van der Waals surface area contributed by atoms with Gasteiger partial charge < -0.3 is 0 Å². The van der Waals surface area contributed by atoms with Crippen molar-refractivity contribution in [2.45, 2.75) is 0 Å². The van der Waals surface area contributed by atoms with E-state index >= 15 is 0 Å². The van der Waals surface area contributed by atoms with Crippen molar-refractivity contribution >= 4 is 66.4 Å². The zero-order valence-electron chi connectivity index (χ0n) is 10.3. The fourth-order valence-corrected chi connectivity index (χ4v) is 4.33. The molecule has 0 spiro atoms. The van der Waals surface area contributed by atoms with E-state index in [1.54, 1.807) is 0 Å². The van der Waals surface area contributed by atoms with Gasteiger partial charge in [-0.25, -0.2) is 9.97 Å². The van der Waals surface area contributed by atoms with Gasteiger partial charge in [-0.1, -0.05) is 51.3 Å². The van der Waals surface area contributed by atoms with Crippen LogP contribution in [0.15, 0.2) is 44.7 Å². The van der Waals surface area contributed by atoms with Crippen LogP contribution in [0.2, 0.25) is 10.3 Å². The fourth-order valence-electron chi connectivity index (χ4n) is 1.84. The van der Waals surface area contributed by atoms with E-state index in [-0.39, 0.29) is 0 Å². The number of nitrogens with zero attached hydrogens (tertiary/aromatic N) is 2. The quantitative estimate of drug-likeness (QED) is 0.394. The highest BCUT2D eigenvalue weighted by Gasteiger charge is 2.16. The Kier molecular flexibility index (Phi) is 4.66. The molecule has 0 bridgehead atoms. The first-order valence-corrected chi connectivity index (χ1v) is 9.01. The van der Waals surface area contributed by atoms with Crippen LogP contribution in [0.1, 0.15) is 0 Å². The first-order chi connectivity index (χ1) is 10.1. The molecule has 1 aromatic carbocycles. The molecule has 0 saturated heterocycles. The van der Waals surface area contributed by atoms with Crippen molar-refractivity contribution in [1.82, 2.24) is 9.97 Å². The van der Waals surface area contributed by atoms with Gasteiger partial charge in [0, 0.05) is 8.95 Å². The van der Waals surface area contributed by atoms with Gasteiger partial charge in [0.1, 0.15) is 10.3 Å². The van der Waals surface area contributed by atoms with E-state index in [0.29, 0.717) is 21.7 Å². The lowest BCUT2D eigenvalue weighted by Crippen LogP contribution is -1.94. The van der Waals surface area contributed by atoms with Gasteiger partial charge in [-0.15, -0.1) is 11.3 Å². The number of benzene rings is 1. The number of rotatable bonds is 2. The minimum Gasteiger partial charge on any atom is -0.215 e. The van der Waals surface area contributed by atoms with Gasteiger partial charge in [0.05, 0.1) is 10.4 Å². The predicted octanol–water partition coefficient (Wildman–Crippen LogP) is 6.70. The molecule has 0 aliphatic heterocycles. The van der Waals surface area contributed by atoms with Crippen LogP contribution in [0, 0.1) is 0 Å². The standard InChI is InChI=1S/C14H6Br2Cl2N2S/c15-8-3-1-2-7(6-8)10-12(17)19-14(20-13(10)18)11-9(16)4-5-21-11/h1-6H. The summed E-state index contributed by atoms with van der Waals surface area (Å²) < 4.78 is 1.87. The Morgan fingerprint density at radius 1 is 1.00 bits per heavy atom. The maximum atomic E-state index is 6.33. The van der Waals surface area contributed by atoms with Crippen LogP contribution in [0.4, 0.5) is 0 Å². The largest absolute Gasteiger partial charge is 0.215 e. The van der Waals surface area contributed by atoms with Crippen LogP contribution in [0.5, 0.6) is 0 Å². The normalized spacial score (nSPS) is 10.9. The second kappa shape index (κ2) is 6.34. The molecule has 0 aliphatic rings. The highest BCUT2D eigenvalue weighted by Crippen LogP contribution is 2.38. The number of hydrogen-bond acceptors (Lipinski definition) is 3. The maximum absolute atomic E-state index is 6.33. The number of thiophene rings is 1. The highest BCUT2D eigenvalue weighted by atomic mass is 79.9. The summed E-state index contributed by atoms with van der Waals surface area (Å²) >= 11 is 21.1. The van der Waals surface area contributed by atoms with Gasteiger partial charge in [-0.05, 0) is 45.1 Å². The Hall–Kier alpha value is -0.460. The second-order valence-electron chi connectivity index (χ2n) is 4.11. The molecule has 0 aliphatic carbocycles. The van der Waals surface area contributed by atoms with Crippen molar-refractivity contribution in [3.05, 3.63) is 55.0 Å². The minimum absolute atomic E-state index is 0.336. The van der Waals surface area contributed by atoms with E-state index in [0.717, 1.165) is 19.4 Å². The summed E-state index contributed by atoms with van der Waals surface area (Å²) in [6, 6.07) is 9.63. The molecule has 3 rings (SSSR count). The molecule has 3 aromatic rings. The Labute approximate surface area is 152 Å². The topological polar surface area (TPSA) is 25.8 Å². The molecule has 21 heavy (non-hydrogen) atoms. The minimum atomic E-state index is 0.336. The van der Waals surface area contributed by atoms with E-state index in [1.165, 1.54) is 11.3 Å². The monoisotopic (exact) mass is 462 g/mol. The molecule has 0 saturated carbocycles. The highest BCUT2D eigenvalue weighted by molar-refractivity contribution is 9.10. The van der Waals surface area contributed by atoms with Crippen LogP contribution in [-0.4, -0.2) is 9.97 Å². The molecule has 2 nitrogen and oxygen atoms in total. The van der Waals surface area contributed by atoms with E-state index in [4.69, 9.17) is 23.2 Å². The zero-order valence-corrected chi connectivity index (χ0v) is 15.8. The van der Waals surface area contributed by atoms with Crippen LogP contribution in [0.25, 0.3) is 21.8 Å². The van der Waals surface area contributed by atoms with Crippen LogP contribution < -0.4 is 0 Å². The van der Waals surface area contributed by atoms with E-state index < -0.39 is 0 Å². The average Bonchev–Trinajstić information content (AvgIpc) is 2.84.